The summed E-state index contributed by atoms with van der Waals surface area (Å²) in [6, 6.07) is 9.99. The van der Waals surface area contributed by atoms with Crippen molar-refractivity contribution in [3.8, 4) is 0 Å². The Labute approximate surface area is 132 Å². The zero-order valence-corrected chi connectivity index (χ0v) is 13.3. The first-order chi connectivity index (χ1) is 10.7. The molecule has 0 saturated carbocycles. The highest BCUT2D eigenvalue weighted by molar-refractivity contribution is 5.94. The van der Waals surface area contributed by atoms with E-state index in [0.717, 1.165) is 18.4 Å². The molecule has 0 aliphatic carbocycles. The quantitative estimate of drug-likeness (QED) is 0.397. The molecule has 22 heavy (non-hydrogen) atoms. The maximum absolute atomic E-state index is 11.8. The Morgan fingerprint density at radius 1 is 1.05 bits per heavy atom. The van der Waals surface area contributed by atoms with Crippen molar-refractivity contribution in [3.63, 3.8) is 0 Å². The van der Waals surface area contributed by atoms with E-state index in [1.54, 1.807) is 13.8 Å². The average molecular weight is 304 g/mol. The van der Waals surface area contributed by atoms with Gasteiger partial charge in [-0.25, -0.2) is 0 Å². The molecule has 0 spiro atoms. The molecule has 4 heteroatoms. The van der Waals surface area contributed by atoms with E-state index in [4.69, 9.17) is 9.47 Å². The summed E-state index contributed by atoms with van der Waals surface area (Å²) in [6.45, 7) is 3.98. The number of hydrogen-bond acceptors (Lipinski definition) is 4. The van der Waals surface area contributed by atoms with Crippen molar-refractivity contribution in [2.75, 3.05) is 13.2 Å². The number of carbonyl (C=O) groups is 2. The fourth-order valence-electron chi connectivity index (χ4n) is 2.04. The third kappa shape index (κ3) is 6.57. The minimum absolute atomic E-state index is 0.267. The first-order valence-corrected chi connectivity index (χ1v) is 7.73. The van der Waals surface area contributed by atoms with Gasteiger partial charge >= 0.3 is 11.9 Å². The molecule has 0 aliphatic rings. The lowest BCUT2D eigenvalue weighted by atomic mass is 10.0. The maximum atomic E-state index is 11.8. The van der Waals surface area contributed by atoms with Gasteiger partial charge in [-0.2, -0.15) is 0 Å². The lowest BCUT2D eigenvalue weighted by molar-refractivity contribution is -0.161. The normalized spacial score (nSPS) is 10.9. The number of rotatable bonds is 9. The number of esters is 2. The number of ether oxygens (including phenoxy) is 2. The van der Waals surface area contributed by atoms with Gasteiger partial charge in [0.15, 0.2) is 5.92 Å². The predicted molar refractivity (Wildman–Crippen MR) is 86.1 cm³/mol. The SMILES string of the molecule is CCOC(=O)C(CCC/C=C/c1ccccc1)C(=O)OCC. The van der Waals surface area contributed by atoms with Crippen LogP contribution in [0.15, 0.2) is 36.4 Å². The zero-order chi connectivity index (χ0) is 16.2. The summed E-state index contributed by atoms with van der Waals surface area (Å²) in [5.41, 5.74) is 1.13. The van der Waals surface area contributed by atoms with Gasteiger partial charge in [0, 0.05) is 0 Å². The Morgan fingerprint density at radius 3 is 2.18 bits per heavy atom. The van der Waals surface area contributed by atoms with Crippen LogP contribution in [0.3, 0.4) is 0 Å². The van der Waals surface area contributed by atoms with Crippen molar-refractivity contribution >= 4 is 18.0 Å². The van der Waals surface area contributed by atoms with E-state index in [1.165, 1.54) is 0 Å². The van der Waals surface area contributed by atoms with Crippen molar-refractivity contribution in [1.82, 2.24) is 0 Å². The molecule has 1 aromatic carbocycles. The standard InChI is InChI=1S/C18H24O4/c1-3-21-17(19)16(18(20)22-4-2)14-10-6-9-13-15-11-7-5-8-12-15/h5,7-9,11-13,16H,3-4,6,10,14H2,1-2H3/b13-9+. The van der Waals surface area contributed by atoms with Crippen LogP contribution in [0.5, 0.6) is 0 Å². The van der Waals surface area contributed by atoms with E-state index in [-0.39, 0.29) is 13.2 Å². The highest BCUT2D eigenvalue weighted by atomic mass is 16.6. The zero-order valence-electron chi connectivity index (χ0n) is 13.3. The molecule has 1 aromatic rings. The molecule has 0 radical (unpaired) electrons. The van der Waals surface area contributed by atoms with Gasteiger partial charge in [0.2, 0.25) is 0 Å². The molecule has 0 aliphatic heterocycles. The maximum Gasteiger partial charge on any atom is 0.320 e. The molecule has 0 heterocycles. The van der Waals surface area contributed by atoms with Gasteiger partial charge in [0.25, 0.3) is 0 Å². The molecule has 0 atom stereocenters. The molecule has 0 aromatic heterocycles. The minimum Gasteiger partial charge on any atom is -0.465 e. The molecule has 1 rings (SSSR count). The number of benzene rings is 1. The summed E-state index contributed by atoms with van der Waals surface area (Å²) in [7, 11) is 0. The van der Waals surface area contributed by atoms with Gasteiger partial charge in [-0.3, -0.25) is 9.59 Å². The molecule has 0 saturated heterocycles. The van der Waals surface area contributed by atoms with E-state index in [2.05, 4.69) is 0 Å². The van der Waals surface area contributed by atoms with Crippen molar-refractivity contribution in [3.05, 3.63) is 42.0 Å². The van der Waals surface area contributed by atoms with Crippen LogP contribution in [-0.2, 0) is 19.1 Å². The number of unbranched alkanes of at least 4 members (excludes halogenated alkanes) is 1. The third-order valence-electron chi connectivity index (χ3n) is 3.12. The van der Waals surface area contributed by atoms with Crippen molar-refractivity contribution < 1.29 is 19.1 Å². The Hall–Kier alpha value is -2.10. The number of carbonyl (C=O) groups excluding carboxylic acids is 2. The van der Waals surface area contributed by atoms with Gasteiger partial charge in [0.05, 0.1) is 13.2 Å². The summed E-state index contributed by atoms with van der Waals surface area (Å²) in [6.07, 6.45) is 6.04. The molecule has 0 fully saturated rings. The first-order valence-electron chi connectivity index (χ1n) is 7.73. The smallest absolute Gasteiger partial charge is 0.320 e. The molecule has 4 nitrogen and oxygen atoms in total. The predicted octanol–water partition coefficient (Wildman–Crippen LogP) is 3.61. The third-order valence-corrected chi connectivity index (χ3v) is 3.12. The topological polar surface area (TPSA) is 52.6 Å². The Balaban J connectivity index is 2.44. The highest BCUT2D eigenvalue weighted by Gasteiger charge is 2.28. The molecular weight excluding hydrogens is 280 g/mol. The van der Waals surface area contributed by atoms with E-state index < -0.39 is 17.9 Å². The summed E-state index contributed by atoms with van der Waals surface area (Å²) in [5.74, 6) is -1.80. The Morgan fingerprint density at radius 2 is 1.64 bits per heavy atom. The molecule has 0 unspecified atom stereocenters. The van der Waals surface area contributed by atoms with Crippen molar-refractivity contribution in [2.24, 2.45) is 5.92 Å². The van der Waals surface area contributed by atoms with Crippen molar-refractivity contribution in [1.29, 1.82) is 0 Å². The summed E-state index contributed by atoms with van der Waals surface area (Å²) in [4.78, 5) is 23.6. The van der Waals surface area contributed by atoms with E-state index in [9.17, 15) is 9.59 Å². The monoisotopic (exact) mass is 304 g/mol. The van der Waals surface area contributed by atoms with Crippen LogP contribution in [0.2, 0.25) is 0 Å². The van der Waals surface area contributed by atoms with Crippen LogP contribution in [0.1, 0.15) is 38.7 Å². The second-order valence-electron chi connectivity index (χ2n) is 4.80. The summed E-state index contributed by atoms with van der Waals surface area (Å²) >= 11 is 0. The highest BCUT2D eigenvalue weighted by Crippen LogP contribution is 2.14. The van der Waals surface area contributed by atoms with Crippen LogP contribution in [0.4, 0.5) is 0 Å². The minimum atomic E-state index is -0.815. The lowest BCUT2D eigenvalue weighted by Gasteiger charge is -2.13. The Bertz CT molecular complexity index is 461. The lowest BCUT2D eigenvalue weighted by Crippen LogP contribution is -2.28. The average Bonchev–Trinajstić information content (AvgIpc) is 2.52. The van der Waals surface area contributed by atoms with Crippen molar-refractivity contribution in [2.45, 2.75) is 33.1 Å². The van der Waals surface area contributed by atoms with Crippen LogP contribution in [0, 0.1) is 5.92 Å². The van der Waals surface area contributed by atoms with Crippen LogP contribution in [-0.4, -0.2) is 25.2 Å². The second kappa shape index (κ2) is 10.6. The molecule has 0 bridgehead atoms. The fraction of sp³-hybridized carbons (Fsp3) is 0.444. The number of allylic oxidation sites excluding steroid dienone is 1. The van der Waals surface area contributed by atoms with Crippen LogP contribution in [0.25, 0.3) is 6.08 Å². The van der Waals surface area contributed by atoms with Crippen LogP contribution < -0.4 is 0 Å². The number of hydrogen-bond donors (Lipinski definition) is 0. The largest absolute Gasteiger partial charge is 0.465 e. The fourth-order valence-corrected chi connectivity index (χ4v) is 2.04. The van der Waals surface area contributed by atoms with Gasteiger partial charge < -0.3 is 9.47 Å². The summed E-state index contributed by atoms with van der Waals surface area (Å²) in [5, 5.41) is 0. The van der Waals surface area contributed by atoms with Gasteiger partial charge in [0.1, 0.15) is 0 Å². The first kappa shape index (κ1) is 18.0. The van der Waals surface area contributed by atoms with E-state index >= 15 is 0 Å². The molecular formula is C18H24O4. The second-order valence-corrected chi connectivity index (χ2v) is 4.80. The van der Waals surface area contributed by atoms with Crippen LogP contribution >= 0.6 is 0 Å². The Kier molecular flexibility index (Phi) is 8.65. The van der Waals surface area contributed by atoms with E-state index in [1.807, 2.05) is 42.5 Å². The van der Waals surface area contributed by atoms with E-state index in [0.29, 0.717) is 6.42 Å². The molecule has 0 N–H and O–H groups in total. The van der Waals surface area contributed by atoms with Gasteiger partial charge in [-0.1, -0.05) is 42.5 Å². The molecule has 0 amide bonds. The van der Waals surface area contributed by atoms with Gasteiger partial charge in [-0.05, 0) is 38.7 Å². The molecule has 120 valence electrons. The van der Waals surface area contributed by atoms with Gasteiger partial charge in [-0.15, -0.1) is 0 Å². The summed E-state index contributed by atoms with van der Waals surface area (Å²) < 4.78 is 9.88.